The summed E-state index contributed by atoms with van der Waals surface area (Å²) in [6, 6.07) is 7.34. The molecule has 0 saturated heterocycles. The van der Waals surface area contributed by atoms with Gasteiger partial charge in [0.05, 0.1) is 11.9 Å². The van der Waals surface area contributed by atoms with E-state index >= 15 is 0 Å². The summed E-state index contributed by atoms with van der Waals surface area (Å²) >= 11 is 0. The smallest absolute Gasteiger partial charge is 0.275 e. The highest BCUT2D eigenvalue weighted by Gasteiger charge is 2.18. The molecule has 4 rings (SSSR count). The molecule has 1 fully saturated rings. The van der Waals surface area contributed by atoms with Crippen molar-refractivity contribution in [2.24, 2.45) is 0 Å². The molecule has 1 aliphatic carbocycles. The summed E-state index contributed by atoms with van der Waals surface area (Å²) in [7, 11) is 0. The van der Waals surface area contributed by atoms with Crippen LogP contribution in [-0.4, -0.2) is 48.0 Å². The topological polar surface area (TPSA) is 128 Å². The molecule has 1 aliphatic rings. The summed E-state index contributed by atoms with van der Waals surface area (Å²) in [5, 5.41) is 18.2. The maximum absolute atomic E-state index is 12.4. The summed E-state index contributed by atoms with van der Waals surface area (Å²) in [5.74, 6) is -0.208. The fraction of sp³-hybridized carbons (Fsp3) is 0.350. The maximum atomic E-state index is 12.4. The quantitative estimate of drug-likeness (QED) is 0.639. The number of amides is 2. The van der Waals surface area contributed by atoms with Crippen molar-refractivity contribution in [2.75, 3.05) is 5.32 Å². The highest BCUT2D eigenvalue weighted by Crippen LogP contribution is 2.24. The molecule has 2 heterocycles. The molecule has 10 heteroatoms. The molecular formula is C20H22N8O2. The Morgan fingerprint density at radius 3 is 2.73 bits per heavy atom. The van der Waals surface area contributed by atoms with Gasteiger partial charge in [0.2, 0.25) is 11.7 Å². The van der Waals surface area contributed by atoms with Crippen LogP contribution < -0.4 is 10.6 Å². The van der Waals surface area contributed by atoms with E-state index in [1.165, 1.54) is 29.8 Å². The molecule has 0 atom stereocenters. The molecule has 0 radical (unpaired) electrons. The van der Waals surface area contributed by atoms with Crippen LogP contribution in [0.1, 0.15) is 42.6 Å². The Bertz CT molecular complexity index is 1010. The van der Waals surface area contributed by atoms with E-state index < -0.39 is 5.91 Å². The first-order valence-corrected chi connectivity index (χ1v) is 9.93. The van der Waals surface area contributed by atoms with Gasteiger partial charge in [-0.3, -0.25) is 14.6 Å². The van der Waals surface area contributed by atoms with Crippen molar-refractivity contribution >= 4 is 17.5 Å². The van der Waals surface area contributed by atoms with Crippen LogP contribution in [0.3, 0.4) is 0 Å². The van der Waals surface area contributed by atoms with E-state index in [1.54, 1.807) is 18.2 Å². The van der Waals surface area contributed by atoms with Crippen LogP contribution in [0.2, 0.25) is 0 Å². The van der Waals surface area contributed by atoms with Gasteiger partial charge in [0.15, 0.2) is 0 Å². The molecule has 2 amide bonds. The number of carbonyl (C=O) groups is 2. The van der Waals surface area contributed by atoms with E-state index in [1.807, 2.05) is 6.07 Å². The molecule has 30 heavy (non-hydrogen) atoms. The summed E-state index contributed by atoms with van der Waals surface area (Å²) < 4.78 is 0. The number of hydrogen-bond donors (Lipinski definition) is 2. The van der Waals surface area contributed by atoms with E-state index in [2.05, 4.69) is 36.0 Å². The third-order valence-corrected chi connectivity index (χ3v) is 4.92. The van der Waals surface area contributed by atoms with Gasteiger partial charge in [-0.1, -0.05) is 31.4 Å². The largest absolute Gasteiger partial charge is 0.352 e. The number of nitrogens with zero attached hydrogens (tertiary/aromatic N) is 6. The molecule has 154 valence electrons. The van der Waals surface area contributed by atoms with Gasteiger partial charge in [-0.05, 0) is 30.2 Å². The first kappa shape index (κ1) is 19.6. The average Bonchev–Trinajstić information content (AvgIpc) is 3.23. The first-order valence-electron chi connectivity index (χ1n) is 9.93. The zero-order valence-electron chi connectivity index (χ0n) is 16.4. The van der Waals surface area contributed by atoms with Crippen molar-refractivity contribution in [3.05, 3.63) is 48.5 Å². The second-order valence-corrected chi connectivity index (χ2v) is 7.14. The van der Waals surface area contributed by atoms with E-state index in [4.69, 9.17) is 0 Å². The minimum atomic E-state index is -0.394. The maximum Gasteiger partial charge on any atom is 0.275 e. The van der Waals surface area contributed by atoms with Gasteiger partial charge in [-0.25, -0.2) is 4.98 Å². The van der Waals surface area contributed by atoms with Crippen LogP contribution in [0.25, 0.3) is 11.4 Å². The monoisotopic (exact) mass is 406 g/mol. The molecule has 3 aromatic rings. The van der Waals surface area contributed by atoms with E-state index in [9.17, 15) is 9.59 Å². The number of tetrazole rings is 1. The summed E-state index contributed by atoms with van der Waals surface area (Å²) in [5.41, 5.74) is 1.30. The van der Waals surface area contributed by atoms with Gasteiger partial charge in [0, 0.05) is 24.0 Å². The first-order chi connectivity index (χ1) is 14.7. The lowest BCUT2D eigenvalue weighted by Crippen LogP contribution is -2.38. The highest BCUT2D eigenvalue weighted by molar-refractivity contribution is 6.04. The summed E-state index contributed by atoms with van der Waals surface area (Å²) in [4.78, 5) is 33.9. The van der Waals surface area contributed by atoms with Gasteiger partial charge in [-0.2, -0.15) is 4.80 Å². The average molecular weight is 406 g/mol. The number of para-hydroxylation sites is 1. The number of aromatic nitrogens is 6. The normalized spacial score (nSPS) is 14.3. The third-order valence-electron chi connectivity index (χ3n) is 4.92. The van der Waals surface area contributed by atoms with E-state index in [-0.39, 0.29) is 24.2 Å². The number of carbonyl (C=O) groups excluding carboxylic acids is 2. The van der Waals surface area contributed by atoms with Crippen LogP contribution in [0.5, 0.6) is 0 Å². The second kappa shape index (κ2) is 9.21. The minimum Gasteiger partial charge on any atom is -0.352 e. The van der Waals surface area contributed by atoms with Gasteiger partial charge in [-0.15, -0.1) is 10.2 Å². The Balaban J connectivity index is 1.44. The number of benzene rings is 1. The fourth-order valence-corrected chi connectivity index (χ4v) is 3.46. The SMILES string of the molecule is O=C(Cn1nnc(-c2ccccc2NC(=O)c2cnccn2)n1)NC1CCCCC1. The fourth-order valence-electron chi connectivity index (χ4n) is 3.46. The van der Waals surface area contributed by atoms with Crippen molar-refractivity contribution in [1.29, 1.82) is 0 Å². The van der Waals surface area contributed by atoms with Gasteiger partial charge in [0.1, 0.15) is 12.2 Å². The zero-order chi connectivity index (χ0) is 20.8. The lowest BCUT2D eigenvalue weighted by Gasteiger charge is -2.22. The van der Waals surface area contributed by atoms with Crippen LogP contribution in [0, 0.1) is 0 Å². The van der Waals surface area contributed by atoms with Crippen LogP contribution >= 0.6 is 0 Å². The number of anilines is 1. The van der Waals surface area contributed by atoms with Crippen LogP contribution in [-0.2, 0) is 11.3 Å². The number of rotatable bonds is 6. The molecule has 2 aromatic heterocycles. The Kier molecular flexibility index (Phi) is 6.02. The van der Waals surface area contributed by atoms with Gasteiger partial charge in [0.25, 0.3) is 5.91 Å². The Labute approximate surface area is 173 Å². The molecule has 1 aromatic carbocycles. The molecule has 10 nitrogen and oxygen atoms in total. The number of nitrogens with one attached hydrogen (secondary N) is 2. The summed E-state index contributed by atoms with van der Waals surface area (Å²) in [6.45, 7) is -0.00235. The third kappa shape index (κ3) is 4.83. The second-order valence-electron chi connectivity index (χ2n) is 7.14. The standard InChI is InChI=1S/C20H22N8O2/c29-18(23-14-6-2-1-3-7-14)13-28-26-19(25-27-28)15-8-4-5-9-16(15)24-20(30)17-12-21-10-11-22-17/h4-5,8-12,14H,1-3,6-7,13H2,(H,23,29)(H,24,30). The molecule has 0 aliphatic heterocycles. The zero-order valence-corrected chi connectivity index (χ0v) is 16.4. The van der Waals surface area contributed by atoms with E-state index in [0.29, 0.717) is 17.1 Å². The Hall–Kier alpha value is -3.69. The Morgan fingerprint density at radius 2 is 1.93 bits per heavy atom. The van der Waals surface area contributed by atoms with Crippen molar-refractivity contribution in [1.82, 2.24) is 35.5 Å². The van der Waals surface area contributed by atoms with Crippen molar-refractivity contribution in [2.45, 2.75) is 44.7 Å². The predicted octanol–water partition coefficient (Wildman–Crippen LogP) is 1.83. The predicted molar refractivity (Wildman–Crippen MR) is 108 cm³/mol. The molecule has 1 saturated carbocycles. The lowest BCUT2D eigenvalue weighted by atomic mass is 9.95. The number of hydrogen-bond acceptors (Lipinski definition) is 7. The molecule has 2 N–H and O–H groups in total. The highest BCUT2D eigenvalue weighted by atomic mass is 16.2. The summed E-state index contributed by atoms with van der Waals surface area (Å²) in [6.07, 6.45) is 9.89. The Morgan fingerprint density at radius 1 is 1.10 bits per heavy atom. The van der Waals surface area contributed by atoms with Crippen LogP contribution in [0.4, 0.5) is 5.69 Å². The van der Waals surface area contributed by atoms with Crippen LogP contribution in [0.15, 0.2) is 42.9 Å². The molecular weight excluding hydrogens is 384 g/mol. The molecule has 0 unspecified atom stereocenters. The van der Waals surface area contributed by atoms with Gasteiger partial charge < -0.3 is 10.6 Å². The van der Waals surface area contributed by atoms with E-state index in [0.717, 1.165) is 25.7 Å². The van der Waals surface area contributed by atoms with Crippen molar-refractivity contribution in [3.63, 3.8) is 0 Å². The molecule has 0 bridgehead atoms. The molecule has 0 spiro atoms. The van der Waals surface area contributed by atoms with Crippen molar-refractivity contribution in [3.8, 4) is 11.4 Å². The van der Waals surface area contributed by atoms with Gasteiger partial charge >= 0.3 is 0 Å². The minimum absolute atomic E-state index is 0.00235. The van der Waals surface area contributed by atoms with Crippen molar-refractivity contribution < 1.29 is 9.59 Å². The lowest BCUT2D eigenvalue weighted by molar-refractivity contribution is -0.123.